The molecule has 6 nitrogen and oxygen atoms in total. The fraction of sp³-hybridized carbons (Fsp3) is 0.341. The molecule has 0 aliphatic carbocycles. The molecule has 0 aromatic heterocycles. The summed E-state index contributed by atoms with van der Waals surface area (Å²) in [6.45, 7) is 7.95. The normalized spacial score (nSPS) is 12.3. The van der Waals surface area contributed by atoms with Crippen LogP contribution < -0.4 is 5.73 Å². The van der Waals surface area contributed by atoms with Crippen molar-refractivity contribution in [2.24, 2.45) is 17.6 Å². The maximum absolute atomic E-state index is 12.1. The molecule has 4 aromatic rings. The van der Waals surface area contributed by atoms with Crippen LogP contribution in [0.3, 0.4) is 0 Å². The van der Waals surface area contributed by atoms with Crippen LogP contribution in [0.2, 0.25) is 0 Å². The third-order valence-electron chi connectivity index (χ3n) is 7.59. The summed E-state index contributed by atoms with van der Waals surface area (Å²) in [5.41, 5.74) is 13.0. The highest BCUT2D eigenvalue weighted by molar-refractivity contribution is 5.86. The quantitative estimate of drug-likeness (QED) is 0.139. The third kappa shape index (κ3) is 13.4. The van der Waals surface area contributed by atoms with Crippen LogP contribution in [0.1, 0.15) is 59.1 Å². The fourth-order valence-corrected chi connectivity index (χ4v) is 5.14. The lowest BCUT2D eigenvalue weighted by atomic mass is 9.95. The predicted octanol–water partition coefficient (Wildman–Crippen LogP) is 8.50. The van der Waals surface area contributed by atoms with Crippen molar-refractivity contribution < 1.29 is 23.9 Å². The number of hydrogen-bond acceptors (Lipinski definition) is 6. The van der Waals surface area contributed by atoms with E-state index >= 15 is 0 Å². The molecule has 0 radical (unpaired) electrons. The maximum Gasteiger partial charge on any atom is 0.309 e. The van der Waals surface area contributed by atoms with Gasteiger partial charge in [-0.2, -0.15) is 0 Å². The van der Waals surface area contributed by atoms with Gasteiger partial charge in [0.25, 0.3) is 0 Å². The number of ether oxygens (including phenoxy) is 2. The molecule has 0 aliphatic rings. The number of benzene rings is 4. The molecule has 0 aliphatic heterocycles. The highest BCUT2D eigenvalue weighted by atomic mass is 16.5. The number of hydrogen-bond donors (Lipinski definition) is 1. The molecule has 0 heterocycles. The molecule has 0 bridgehead atoms. The SMILES string of the molecule is C.CCOC(=O)[C@H](C)CC(=O)Cc1ccc(-c2ccccc2)cc1.CCOC(=O)[C@H](C)C[C@H](N)Cc1ccc(-c2ccccc2)cc1. The average molecular weight is 638 g/mol. The maximum atomic E-state index is 12.1. The van der Waals surface area contributed by atoms with E-state index in [0.717, 1.165) is 23.1 Å². The number of nitrogens with two attached hydrogens (primary N) is 1. The first-order valence-electron chi connectivity index (χ1n) is 16.1. The smallest absolute Gasteiger partial charge is 0.309 e. The first kappa shape index (κ1) is 38.6. The second-order valence-corrected chi connectivity index (χ2v) is 11.6. The summed E-state index contributed by atoms with van der Waals surface area (Å²) in [5.74, 6) is -0.958. The van der Waals surface area contributed by atoms with Crippen molar-refractivity contribution in [3.63, 3.8) is 0 Å². The van der Waals surface area contributed by atoms with Crippen LogP contribution >= 0.6 is 0 Å². The summed E-state index contributed by atoms with van der Waals surface area (Å²) in [5, 5.41) is 0. The minimum absolute atomic E-state index is 0. The Balaban J connectivity index is 0.000000320. The van der Waals surface area contributed by atoms with Crippen molar-refractivity contribution in [1.29, 1.82) is 0 Å². The van der Waals surface area contributed by atoms with E-state index in [1.54, 1.807) is 13.8 Å². The van der Waals surface area contributed by atoms with E-state index < -0.39 is 0 Å². The molecule has 0 saturated heterocycles. The number of Topliss-reactive ketones (excluding diaryl/α,β-unsaturated/α-hetero) is 1. The van der Waals surface area contributed by atoms with Crippen LogP contribution in [0.15, 0.2) is 109 Å². The number of rotatable bonds is 14. The molecule has 0 fully saturated rings. The summed E-state index contributed by atoms with van der Waals surface area (Å²) in [6, 6.07) is 36.8. The zero-order valence-corrected chi connectivity index (χ0v) is 27.5. The van der Waals surface area contributed by atoms with Crippen molar-refractivity contribution in [2.45, 2.75) is 66.8 Å². The number of carbonyl (C=O) groups is 3. The minimum atomic E-state index is -0.383. The Morgan fingerprint density at radius 3 is 1.45 bits per heavy atom. The number of esters is 2. The summed E-state index contributed by atoms with van der Waals surface area (Å²) in [6.07, 6.45) is 1.97. The first-order chi connectivity index (χ1) is 22.2. The van der Waals surface area contributed by atoms with Crippen molar-refractivity contribution >= 4 is 17.7 Å². The molecular formula is C41H51NO5. The largest absolute Gasteiger partial charge is 0.466 e. The average Bonchev–Trinajstić information content (AvgIpc) is 3.06. The molecule has 0 unspecified atom stereocenters. The third-order valence-corrected chi connectivity index (χ3v) is 7.59. The predicted molar refractivity (Wildman–Crippen MR) is 192 cm³/mol. The zero-order valence-electron chi connectivity index (χ0n) is 27.5. The minimum Gasteiger partial charge on any atom is -0.466 e. The molecule has 4 aromatic carbocycles. The standard InChI is InChI=1S/C20H25NO2.C20H22O3.CH4/c2*1-3-23-20(22)15(2)13-19(21)14-16-9-11-18(12-10-16)17-7-5-4-6-8-17;/h4-12,15,19H,3,13-14,21H2,1-2H3;4-12,15H,3,13-14H2,1-2H3;1H4/t15-,19+;15-;/m11./s1. The van der Waals surface area contributed by atoms with Gasteiger partial charge in [-0.05, 0) is 60.1 Å². The summed E-state index contributed by atoms with van der Waals surface area (Å²) in [7, 11) is 0. The Labute approximate surface area is 281 Å². The lowest BCUT2D eigenvalue weighted by molar-refractivity contribution is -0.149. The van der Waals surface area contributed by atoms with Crippen molar-refractivity contribution in [2.75, 3.05) is 13.2 Å². The fourth-order valence-electron chi connectivity index (χ4n) is 5.14. The second-order valence-electron chi connectivity index (χ2n) is 11.6. The Morgan fingerprint density at radius 1 is 0.596 bits per heavy atom. The van der Waals surface area contributed by atoms with Crippen LogP contribution in [0.4, 0.5) is 0 Å². The molecule has 250 valence electrons. The van der Waals surface area contributed by atoms with Gasteiger partial charge < -0.3 is 15.2 Å². The van der Waals surface area contributed by atoms with E-state index in [1.165, 1.54) is 16.7 Å². The number of ketones is 1. The summed E-state index contributed by atoms with van der Waals surface area (Å²) < 4.78 is 9.95. The molecular weight excluding hydrogens is 586 g/mol. The Hall–Kier alpha value is -4.55. The first-order valence-corrected chi connectivity index (χ1v) is 16.1. The van der Waals surface area contributed by atoms with Gasteiger partial charge in [0.2, 0.25) is 0 Å². The summed E-state index contributed by atoms with van der Waals surface area (Å²) >= 11 is 0. The molecule has 0 saturated carbocycles. The van der Waals surface area contributed by atoms with Crippen molar-refractivity contribution in [3.8, 4) is 22.3 Å². The highest BCUT2D eigenvalue weighted by Crippen LogP contribution is 2.21. The van der Waals surface area contributed by atoms with Crippen molar-refractivity contribution in [3.05, 3.63) is 120 Å². The molecule has 0 spiro atoms. The monoisotopic (exact) mass is 637 g/mol. The van der Waals surface area contributed by atoms with Gasteiger partial charge in [0.1, 0.15) is 5.78 Å². The van der Waals surface area contributed by atoms with Crippen LogP contribution in [0.25, 0.3) is 22.3 Å². The Bertz CT molecular complexity index is 1480. The van der Waals surface area contributed by atoms with Gasteiger partial charge in [0.05, 0.1) is 25.0 Å². The van der Waals surface area contributed by atoms with Gasteiger partial charge in [0.15, 0.2) is 0 Å². The zero-order chi connectivity index (χ0) is 33.3. The van der Waals surface area contributed by atoms with Crippen LogP contribution in [-0.4, -0.2) is 37.0 Å². The Morgan fingerprint density at radius 2 is 1.00 bits per heavy atom. The van der Waals surface area contributed by atoms with Crippen LogP contribution in [0, 0.1) is 11.8 Å². The highest BCUT2D eigenvalue weighted by Gasteiger charge is 2.19. The van der Waals surface area contributed by atoms with E-state index in [9.17, 15) is 14.4 Å². The summed E-state index contributed by atoms with van der Waals surface area (Å²) in [4.78, 5) is 35.3. The van der Waals surface area contributed by atoms with Crippen LogP contribution in [-0.2, 0) is 36.7 Å². The van der Waals surface area contributed by atoms with Gasteiger partial charge in [-0.1, -0.05) is 130 Å². The lowest BCUT2D eigenvalue weighted by Gasteiger charge is -2.16. The van der Waals surface area contributed by atoms with Gasteiger partial charge in [0, 0.05) is 18.9 Å². The lowest BCUT2D eigenvalue weighted by Crippen LogP contribution is -2.29. The molecule has 47 heavy (non-hydrogen) atoms. The van der Waals surface area contributed by atoms with Crippen LogP contribution in [0.5, 0.6) is 0 Å². The topological polar surface area (TPSA) is 95.7 Å². The van der Waals surface area contributed by atoms with E-state index in [4.69, 9.17) is 15.2 Å². The molecule has 6 heteroatoms. The second kappa shape index (κ2) is 20.5. The Kier molecular flexibility index (Phi) is 16.9. The molecule has 4 rings (SSSR count). The molecule has 0 amide bonds. The van der Waals surface area contributed by atoms with Crippen molar-refractivity contribution in [1.82, 2.24) is 0 Å². The van der Waals surface area contributed by atoms with E-state index in [-0.39, 0.29) is 49.4 Å². The van der Waals surface area contributed by atoms with Gasteiger partial charge >= 0.3 is 11.9 Å². The molecule has 3 atom stereocenters. The van der Waals surface area contributed by atoms with E-state index in [1.807, 2.05) is 74.5 Å². The van der Waals surface area contributed by atoms with E-state index in [0.29, 0.717) is 26.1 Å². The van der Waals surface area contributed by atoms with Gasteiger partial charge in [-0.3, -0.25) is 14.4 Å². The number of carbonyl (C=O) groups excluding carboxylic acids is 3. The van der Waals surface area contributed by atoms with Gasteiger partial charge in [-0.15, -0.1) is 0 Å². The van der Waals surface area contributed by atoms with Gasteiger partial charge in [-0.25, -0.2) is 0 Å². The van der Waals surface area contributed by atoms with E-state index in [2.05, 4.69) is 48.5 Å². The molecule has 2 N–H and O–H groups in total.